The van der Waals surface area contributed by atoms with E-state index in [1.807, 2.05) is 24.3 Å². The van der Waals surface area contributed by atoms with E-state index in [1.165, 1.54) is 0 Å². The van der Waals surface area contributed by atoms with Crippen LogP contribution in [0.1, 0.15) is 57.1 Å². The van der Waals surface area contributed by atoms with Crippen molar-refractivity contribution in [2.45, 2.75) is 51.4 Å². The second-order valence-corrected chi connectivity index (χ2v) is 8.35. The van der Waals surface area contributed by atoms with Crippen LogP contribution in [0.5, 0.6) is 11.5 Å². The summed E-state index contributed by atoms with van der Waals surface area (Å²) in [6, 6.07) is 15.2. The highest BCUT2D eigenvalue weighted by molar-refractivity contribution is 6.00. The molecule has 0 spiro atoms. The molecule has 0 aliphatic heterocycles. The van der Waals surface area contributed by atoms with Gasteiger partial charge in [-0.25, -0.2) is 0 Å². The van der Waals surface area contributed by atoms with E-state index in [-0.39, 0.29) is 5.91 Å². The molecule has 5 nitrogen and oxygen atoms in total. The zero-order valence-corrected chi connectivity index (χ0v) is 18.0. The number of rotatable bonds is 7. The highest BCUT2D eigenvalue weighted by atomic mass is 16.5. The van der Waals surface area contributed by atoms with Crippen LogP contribution in [0.4, 0.5) is 5.69 Å². The molecule has 1 saturated carbocycles. The Morgan fingerprint density at radius 3 is 2.37 bits per heavy atom. The Morgan fingerprint density at radius 1 is 1.10 bits per heavy atom. The molecule has 0 atom stereocenters. The van der Waals surface area contributed by atoms with Crippen molar-refractivity contribution in [3.05, 3.63) is 53.6 Å². The molecule has 1 amide bonds. The first-order valence-corrected chi connectivity index (χ1v) is 10.6. The maximum absolute atomic E-state index is 13.5. The van der Waals surface area contributed by atoms with Crippen molar-refractivity contribution in [2.75, 3.05) is 19.0 Å². The molecule has 158 valence electrons. The third-order valence-electron chi connectivity index (χ3n) is 5.73. The molecule has 1 fully saturated rings. The van der Waals surface area contributed by atoms with E-state index in [0.29, 0.717) is 29.5 Å². The van der Waals surface area contributed by atoms with Crippen molar-refractivity contribution in [3.8, 4) is 17.6 Å². The number of amides is 1. The first-order chi connectivity index (χ1) is 14.5. The minimum Gasteiger partial charge on any atom is -0.497 e. The molecule has 2 aromatic rings. The number of carbonyl (C=O) groups is 1. The Labute approximate surface area is 179 Å². The predicted octanol–water partition coefficient (Wildman–Crippen LogP) is 5.44. The van der Waals surface area contributed by atoms with Gasteiger partial charge in [0, 0.05) is 0 Å². The number of nitriles is 1. The summed E-state index contributed by atoms with van der Waals surface area (Å²) in [6.07, 6.45) is 4.74. The van der Waals surface area contributed by atoms with Gasteiger partial charge in [-0.2, -0.15) is 5.26 Å². The minimum atomic E-state index is -0.593. The molecule has 0 radical (unpaired) electrons. The van der Waals surface area contributed by atoms with Gasteiger partial charge >= 0.3 is 0 Å². The molecule has 0 heterocycles. The van der Waals surface area contributed by atoms with E-state index in [0.717, 1.165) is 43.4 Å². The van der Waals surface area contributed by atoms with E-state index in [4.69, 9.17) is 9.47 Å². The van der Waals surface area contributed by atoms with Crippen LogP contribution in [-0.4, -0.2) is 19.6 Å². The van der Waals surface area contributed by atoms with Gasteiger partial charge in [0.05, 0.1) is 30.4 Å². The van der Waals surface area contributed by atoms with Crippen LogP contribution >= 0.6 is 0 Å². The molecular formula is C25H30N2O3. The molecule has 2 aromatic carbocycles. The van der Waals surface area contributed by atoms with Crippen molar-refractivity contribution < 1.29 is 14.3 Å². The summed E-state index contributed by atoms with van der Waals surface area (Å²) < 4.78 is 11.0. The summed E-state index contributed by atoms with van der Waals surface area (Å²) >= 11 is 0. The first-order valence-electron chi connectivity index (χ1n) is 10.6. The Morgan fingerprint density at radius 2 is 1.77 bits per heavy atom. The molecule has 0 unspecified atom stereocenters. The van der Waals surface area contributed by atoms with Crippen molar-refractivity contribution in [1.29, 1.82) is 5.26 Å². The highest BCUT2D eigenvalue weighted by Crippen LogP contribution is 2.41. The number of hydrogen-bond acceptors (Lipinski definition) is 4. The number of benzene rings is 2. The molecule has 5 heteroatoms. The lowest BCUT2D eigenvalue weighted by Crippen LogP contribution is -2.42. The van der Waals surface area contributed by atoms with Crippen LogP contribution in [0, 0.1) is 17.2 Å². The minimum absolute atomic E-state index is 0.0558. The lowest BCUT2D eigenvalue weighted by Gasteiger charge is -2.36. The van der Waals surface area contributed by atoms with Gasteiger partial charge in [0.25, 0.3) is 0 Å². The molecular weight excluding hydrogens is 376 g/mol. The topological polar surface area (TPSA) is 71.3 Å². The number of ether oxygens (including phenoxy) is 2. The predicted molar refractivity (Wildman–Crippen MR) is 118 cm³/mol. The summed E-state index contributed by atoms with van der Waals surface area (Å²) in [7, 11) is 1.63. The van der Waals surface area contributed by atoms with Gasteiger partial charge < -0.3 is 14.8 Å². The molecule has 0 saturated heterocycles. The second kappa shape index (κ2) is 9.67. The molecule has 30 heavy (non-hydrogen) atoms. The molecule has 3 rings (SSSR count). The smallest absolute Gasteiger partial charge is 0.235 e. The van der Waals surface area contributed by atoms with Crippen molar-refractivity contribution in [3.63, 3.8) is 0 Å². The van der Waals surface area contributed by atoms with E-state index < -0.39 is 5.41 Å². The van der Waals surface area contributed by atoms with Gasteiger partial charge in [-0.15, -0.1) is 0 Å². The van der Waals surface area contributed by atoms with Crippen LogP contribution in [0.3, 0.4) is 0 Å². The monoisotopic (exact) mass is 406 g/mol. The van der Waals surface area contributed by atoms with Crippen LogP contribution < -0.4 is 14.8 Å². The fraction of sp³-hybridized carbons (Fsp3) is 0.440. The van der Waals surface area contributed by atoms with Gasteiger partial charge in [0.2, 0.25) is 5.91 Å². The Hall–Kier alpha value is -3.00. The molecule has 0 bridgehead atoms. The van der Waals surface area contributed by atoms with Crippen molar-refractivity contribution in [2.24, 2.45) is 5.92 Å². The third-order valence-corrected chi connectivity index (χ3v) is 5.73. The quantitative estimate of drug-likeness (QED) is 0.664. The molecule has 0 aromatic heterocycles. The maximum atomic E-state index is 13.5. The van der Waals surface area contributed by atoms with Crippen LogP contribution in [-0.2, 0) is 10.2 Å². The van der Waals surface area contributed by atoms with Gasteiger partial charge in [0.1, 0.15) is 17.6 Å². The number of anilines is 1. The van der Waals surface area contributed by atoms with Crippen LogP contribution in [0.25, 0.3) is 0 Å². The maximum Gasteiger partial charge on any atom is 0.235 e. The molecule has 1 N–H and O–H groups in total. The van der Waals surface area contributed by atoms with Crippen LogP contribution in [0.2, 0.25) is 0 Å². The van der Waals surface area contributed by atoms with E-state index >= 15 is 0 Å². The average Bonchev–Trinajstić information content (AvgIpc) is 2.78. The Balaban J connectivity index is 1.86. The third kappa shape index (κ3) is 4.76. The summed E-state index contributed by atoms with van der Waals surface area (Å²) in [6.45, 7) is 4.72. The van der Waals surface area contributed by atoms with E-state index in [1.54, 1.807) is 25.3 Å². The Kier molecular flexibility index (Phi) is 6.99. The zero-order chi connectivity index (χ0) is 21.6. The lowest BCUT2D eigenvalue weighted by molar-refractivity contribution is -0.122. The van der Waals surface area contributed by atoms with Crippen LogP contribution in [0.15, 0.2) is 42.5 Å². The highest BCUT2D eigenvalue weighted by Gasteiger charge is 2.41. The van der Waals surface area contributed by atoms with Gasteiger partial charge in [-0.3, -0.25) is 4.79 Å². The van der Waals surface area contributed by atoms with E-state index in [9.17, 15) is 10.1 Å². The first kappa shape index (κ1) is 21.7. The summed E-state index contributed by atoms with van der Waals surface area (Å²) in [5, 5.41) is 12.7. The summed E-state index contributed by atoms with van der Waals surface area (Å²) in [4.78, 5) is 13.5. The summed E-state index contributed by atoms with van der Waals surface area (Å²) in [5.41, 5.74) is 1.34. The van der Waals surface area contributed by atoms with Gasteiger partial charge in [-0.05, 0) is 54.7 Å². The zero-order valence-electron chi connectivity index (χ0n) is 18.0. The fourth-order valence-corrected chi connectivity index (χ4v) is 4.03. The number of carbonyl (C=O) groups excluding carboxylic acids is 1. The SMILES string of the molecule is COc1ccc(C2(C(=O)Nc3ccc(OCC(C)C)cc3C#N)CCCCC2)cc1. The number of nitrogens with zero attached hydrogens (tertiary/aromatic N) is 1. The summed E-state index contributed by atoms with van der Waals surface area (Å²) in [5.74, 6) is 1.75. The molecule has 1 aliphatic rings. The standard InChI is InChI=1S/C25H30N2O3/c1-18(2)17-30-22-11-12-23(19(15-22)16-26)27-24(28)25(13-5-4-6-14-25)20-7-9-21(29-3)10-8-20/h7-12,15,18H,4-6,13-14,17H2,1-3H3,(H,27,28). The molecule has 1 aliphatic carbocycles. The van der Waals surface area contributed by atoms with E-state index in [2.05, 4.69) is 25.2 Å². The Bertz CT molecular complexity index is 907. The van der Waals surface area contributed by atoms with Gasteiger partial charge in [0.15, 0.2) is 0 Å². The second-order valence-electron chi connectivity index (χ2n) is 8.35. The number of methoxy groups -OCH3 is 1. The lowest BCUT2D eigenvalue weighted by atomic mass is 9.68. The van der Waals surface area contributed by atoms with Crippen molar-refractivity contribution in [1.82, 2.24) is 0 Å². The van der Waals surface area contributed by atoms with Gasteiger partial charge in [-0.1, -0.05) is 45.2 Å². The largest absolute Gasteiger partial charge is 0.497 e. The normalized spacial score (nSPS) is 15.3. The average molecular weight is 407 g/mol. The van der Waals surface area contributed by atoms with Crippen molar-refractivity contribution >= 4 is 11.6 Å². The number of nitrogens with one attached hydrogen (secondary N) is 1. The number of hydrogen-bond donors (Lipinski definition) is 1. The fourth-order valence-electron chi connectivity index (χ4n) is 4.03.